The molecule has 5 heteroatoms. The number of aromatic hydroxyl groups is 1. The lowest BCUT2D eigenvalue weighted by molar-refractivity contribution is -0.138. The van der Waals surface area contributed by atoms with E-state index in [0.29, 0.717) is 17.1 Å². The maximum absolute atomic E-state index is 13.4. The Kier molecular flexibility index (Phi) is 5.11. The van der Waals surface area contributed by atoms with Crippen LogP contribution in [0.5, 0.6) is 17.2 Å². The summed E-state index contributed by atoms with van der Waals surface area (Å²) in [5.74, 6) is -0.575. The van der Waals surface area contributed by atoms with Gasteiger partial charge in [-0.15, -0.1) is 0 Å². The second-order valence-corrected chi connectivity index (χ2v) is 7.09. The van der Waals surface area contributed by atoms with Gasteiger partial charge in [-0.1, -0.05) is 30.3 Å². The first-order valence-corrected chi connectivity index (χ1v) is 9.44. The standard InChI is InChI=1S/C25H19FO4/c1-15(25(28)29)16-4-10-21(11-5-16)30-24-22(17-2-7-19(26)8-3-17)12-6-18-14-20(27)9-13-23(18)24/h2-15,27H,1H3,(H,28,29). The fourth-order valence-corrected chi connectivity index (χ4v) is 3.34. The average Bonchev–Trinajstić information content (AvgIpc) is 2.74. The molecule has 150 valence electrons. The van der Waals surface area contributed by atoms with Crippen LogP contribution in [0.15, 0.2) is 78.9 Å². The van der Waals surface area contributed by atoms with Crippen molar-refractivity contribution >= 4 is 16.7 Å². The van der Waals surface area contributed by atoms with Crippen LogP contribution >= 0.6 is 0 Å². The number of halogens is 1. The van der Waals surface area contributed by atoms with Gasteiger partial charge in [-0.3, -0.25) is 4.79 Å². The molecule has 4 aromatic carbocycles. The summed E-state index contributed by atoms with van der Waals surface area (Å²) in [4.78, 5) is 11.2. The molecule has 0 aliphatic heterocycles. The highest BCUT2D eigenvalue weighted by atomic mass is 19.1. The van der Waals surface area contributed by atoms with Gasteiger partial charge < -0.3 is 14.9 Å². The van der Waals surface area contributed by atoms with Crippen LogP contribution in [0.1, 0.15) is 18.4 Å². The maximum atomic E-state index is 13.4. The molecule has 0 amide bonds. The van der Waals surface area contributed by atoms with E-state index in [1.165, 1.54) is 12.1 Å². The molecule has 1 atom stereocenters. The molecule has 0 saturated carbocycles. The van der Waals surface area contributed by atoms with Crippen molar-refractivity contribution < 1.29 is 24.1 Å². The first-order chi connectivity index (χ1) is 14.4. The Hall–Kier alpha value is -3.86. The Balaban J connectivity index is 1.80. The molecule has 30 heavy (non-hydrogen) atoms. The SMILES string of the molecule is CC(C(=O)O)c1ccc(Oc2c(-c3ccc(F)cc3)ccc3cc(O)ccc23)cc1. The van der Waals surface area contributed by atoms with E-state index in [2.05, 4.69) is 0 Å². The van der Waals surface area contributed by atoms with Gasteiger partial charge in [0.05, 0.1) is 5.92 Å². The van der Waals surface area contributed by atoms with Crippen molar-refractivity contribution in [3.63, 3.8) is 0 Å². The largest absolute Gasteiger partial charge is 0.508 e. The van der Waals surface area contributed by atoms with Crippen molar-refractivity contribution in [1.29, 1.82) is 0 Å². The van der Waals surface area contributed by atoms with Crippen molar-refractivity contribution in [2.45, 2.75) is 12.8 Å². The van der Waals surface area contributed by atoms with E-state index in [-0.39, 0.29) is 11.6 Å². The monoisotopic (exact) mass is 402 g/mol. The van der Waals surface area contributed by atoms with Crippen LogP contribution < -0.4 is 4.74 Å². The highest BCUT2D eigenvalue weighted by Crippen LogP contribution is 2.40. The number of phenolic OH excluding ortho intramolecular Hbond substituents is 1. The van der Waals surface area contributed by atoms with Crippen LogP contribution in [0.2, 0.25) is 0 Å². The number of ether oxygens (including phenoxy) is 1. The first kappa shape index (κ1) is 19.5. The number of carbonyl (C=O) groups is 1. The predicted molar refractivity (Wildman–Crippen MR) is 114 cm³/mol. The zero-order valence-corrected chi connectivity index (χ0v) is 16.2. The average molecular weight is 402 g/mol. The molecule has 0 aliphatic carbocycles. The number of carboxylic acid groups (broad SMARTS) is 1. The minimum atomic E-state index is -0.892. The van der Waals surface area contributed by atoms with E-state index in [0.717, 1.165) is 21.9 Å². The van der Waals surface area contributed by atoms with Crippen LogP contribution in [-0.2, 0) is 4.79 Å². The fraction of sp³-hybridized carbons (Fsp3) is 0.0800. The lowest BCUT2D eigenvalue weighted by atomic mass is 9.99. The number of rotatable bonds is 5. The fourth-order valence-electron chi connectivity index (χ4n) is 3.34. The molecule has 0 saturated heterocycles. The summed E-state index contributed by atoms with van der Waals surface area (Å²) in [5.41, 5.74) is 2.24. The highest BCUT2D eigenvalue weighted by molar-refractivity contribution is 5.96. The van der Waals surface area contributed by atoms with E-state index in [4.69, 9.17) is 4.74 Å². The van der Waals surface area contributed by atoms with Gasteiger partial charge in [0, 0.05) is 10.9 Å². The van der Waals surface area contributed by atoms with Gasteiger partial charge in [0.15, 0.2) is 0 Å². The molecule has 0 bridgehead atoms. The Labute approximate surface area is 172 Å². The normalized spacial score (nSPS) is 11.9. The number of phenols is 1. The Bertz CT molecular complexity index is 1210. The summed E-state index contributed by atoms with van der Waals surface area (Å²) < 4.78 is 19.6. The molecule has 4 nitrogen and oxygen atoms in total. The Morgan fingerprint density at radius 3 is 2.30 bits per heavy atom. The van der Waals surface area contributed by atoms with Gasteiger partial charge in [-0.25, -0.2) is 4.39 Å². The molecule has 4 aromatic rings. The Morgan fingerprint density at radius 1 is 0.933 bits per heavy atom. The summed E-state index contributed by atoms with van der Waals surface area (Å²) in [7, 11) is 0. The molecular weight excluding hydrogens is 383 g/mol. The molecular formula is C25H19FO4. The van der Waals surface area contributed by atoms with E-state index in [1.807, 2.05) is 12.1 Å². The molecule has 0 fully saturated rings. The van der Waals surface area contributed by atoms with Gasteiger partial charge in [-0.05, 0) is 72.0 Å². The summed E-state index contributed by atoms with van der Waals surface area (Å²) in [6, 6.07) is 21.8. The second kappa shape index (κ2) is 7.87. The zero-order valence-electron chi connectivity index (χ0n) is 16.2. The molecule has 0 aromatic heterocycles. The van der Waals surface area contributed by atoms with Crippen molar-refractivity contribution in [3.8, 4) is 28.4 Å². The van der Waals surface area contributed by atoms with Crippen molar-refractivity contribution in [2.24, 2.45) is 0 Å². The summed E-state index contributed by atoms with van der Waals surface area (Å²) in [6.45, 7) is 1.63. The number of benzene rings is 4. The summed E-state index contributed by atoms with van der Waals surface area (Å²) in [6.07, 6.45) is 0. The van der Waals surface area contributed by atoms with Crippen molar-refractivity contribution in [3.05, 3.63) is 90.2 Å². The zero-order chi connectivity index (χ0) is 21.3. The van der Waals surface area contributed by atoms with Crippen LogP contribution in [0.4, 0.5) is 4.39 Å². The minimum Gasteiger partial charge on any atom is -0.508 e. The van der Waals surface area contributed by atoms with Crippen LogP contribution in [0, 0.1) is 5.82 Å². The summed E-state index contributed by atoms with van der Waals surface area (Å²) in [5, 5.41) is 20.6. The third kappa shape index (κ3) is 3.82. The van der Waals surface area contributed by atoms with Gasteiger partial charge >= 0.3 is 5.97 Å². The molecule has 0 spiro atoms. The lowest BCUT2D eigenvalue weighted by Crippen LogP contribution is -2.06. The first-order valence-electron chi connectivity index (χ1n) is 9.44. The number of hydrogen-bond donors (Lipinski definition) is 2. The minimum absolute atomic E-state index is 0.148. The Morgan fingerprint density at radius 2 is 1.63 bits per heavy atom. The van der Waals surface area contributed by atoms with E-state index in [9.17, 15) is 19.4 Å². The number of aliphatic carboxylic acids is 1. The number of carboxylic acids is 1. The molecule has 0 aliphatic rings. The quantitative estimate of drug-likeness (QED) is 0.409. The van der Waals surface area contributed by atoms with Crippen LogP contribution in [0.25, 0.3) is 21.9 Å². The van der Waals surface area contributed by atoms with Crippen molar-refractivity contribution in [2.75, 3.05) is 0 Å². The molecule has 2 N–H and O–H groups in total. The predicted octanol–water partition coefficient (Wildman–Crippen LogP) is 6.33. The second-order valence-electron chi connectivity index (χ2n) is 7.09. The van der Waals surface area contributed by atoms with Gasteiger partial charge in [0.2, 0.25) is 0 Å². The third-order valence-electron chi connectivity index (χ3n) is 5.08. The van der Waals surface area contributed by atoms with Crippen LogP contribution in [0.3, 0.4) is 0 Å². The molecule has 0 radical (unpaired) electrons. The highest BCUT2D eigenvalue weighted by Gasteiger charge is 2.15. The summed E-state index contributed by atoms with van der Waals surface area (Å²) >= 11 is 0. The van der Waals surface area contributed by atoms with E-state index < -0.39 is 11.9 Å². The topological polar surface area (TPSA) is 66.8 Å². The van der Waals surface area contributed by atoms with Gasteiger partial charge in [0.25, 0.3) is 0 Å². The number of hydrogen-bond acceptors (Lipinski definition) is 3. The third-order valence-corrected chi connectivity index (χ3v) is 5.08. The van der Waals surface area contributed by atoms with Gasteiger partial charge in [0.1, 0.15) is 23.1 Å². The number of fused-ring (bicyclic) bond motifs is 1. The van der Waals surface area contributed by atoms with Gasteiger partial charge in [-0.2, -0.15) is 0 Å². The van der Waals surface area contributed by atoms with E-state index >= 15 is 0 Å². The van der Waals surface area contributed by atoms with E-state index in [1.54, 1.807) is 61.5 Å². The maximum Gasteiger partial charge on any atom is 0.310 e. The smallest absolute Gasteiger partial charge is 0.310 e. The van der Waals surface area contributed by atoms with Crippen molar-refractivity contribution in [1.82, 2.24) is 0 Å². The van der Waals surface area contributed by atoms with Crippen LogP contribution in [-0.4, -0.2) is 16.2 Å². The molecule has 0 heterocycles. The molecule has 1 unspecified atom stereocenters. The lowest BCUT2D eigenvalue weighted by Gasteiger charge is -2.16. The molecule has 4 rings (SSSR count).